The second-order valence-electron chi connectivity index (χ2n) is 12.3. The van der Waals surface area contributed by atoms with Gasteiger partial charge in [0.15, 0.2) is 0 Å². The van der Waals surface area contributed by atoms with E-state index in [9.17, 15) is 14.4 Å². The van der Waals surface area contributed by atoms with E-state index in [1.807, 2.05) is 26.0 Å². The van der Waals surface area contributed by atoms with Gasteiger partial charge in [-0.1, -0.05) is 12.2 Å². The fraction of sp³-hybridized carbons (Fsp3) is 0.371. The van der Waals surface area contributed by atoms with Crippen LogP contribution in [0.2, 0.25) is 0 Å². The third-order valence-electron chi connectivity index (χ3n) is 8.81. The highest BCUT2D eigenvalue weighted by Crippen LogP contribution is 2.32. The van der Waals surface area contributed by atoms with E-state index in [2.05, 4.69) is 20.3 Å². The lowest BCUT2D eigenvalue weighted by Gasteiger charge is -2.26. The highest BCUT2D eigenvalue weighted by molar-refractivity contribution is 6.04. The predicted molar refractivity (Wildman–Crippen MR) is 195 cm³/mol. The van der Waals surface area contributed by atoms with Gasteiger partial charge < -0.3 is 40.5 Å². The molecule has 7 N–H and O–H groups in total. The quantitative estimate of drug-likeness (QED) is 0.0910. The van der Waals surface area contributed by atoms with Crippen molar-refractivity contribution >= 4 is 51.7 Å². The zero-order chi connectivity index (χ0) is 36.9. The molecule has 5 aromatic rings. The fourth-order valence-electron chi connectivity index (χ4n) is 6.28. The molecule has 6 rings (SSSR count). The Labute approximate surface area is 299 Å². The van der Waals surface area contributed by atoms with Crippen molar-refractivity contribution in [2.45, 2.75) is 39.9 Å². The first-order valence-electron chi connectivity index (χ1n) is 17.0. The summed E-state index contributed by atoms with van der Waals surface area (Å²) < 4.78 is 22.5. The molecule has 52 heavy (non-hydrogen) atoms. The number of fused-ring (bicyclic) bond motifs is 2. The molecule has 17 nitrogen and oxygen atoms in total. The lowest BCUT2D eigenvalue weighted by Crippen LogP contribution is -2.37. The SMILES string of the molecule is CCn1nc(C)cc1C(=O)Nc1nc2cc(C(N)=O)cc(OCCCN3CCOCC3)c2n1C/C=C/Cn1c(N)nc2cc(C(N)=O)cc(OC)c21. The summed E-state index contributed by atoms with van der Waals surface area (Å²) in [5.41, 5.74) is 21.1. The van der Waals surface area contributed by atoms with Crippen molar-refractivity contribution < 1.29 is 28.6 Å². The van der Waals surface area contributed by atoms with E-state index in [0.29, 0.717) is 77.9 Å². The number of rotatable bonds is 15. The number of ether oxygens (including phenoxy) is 3. The van der Waals surface area contributed by atoms with E-state index in [1.165, 1.54) is 7.11 Å². The van der Waals surface area contributed by atoms with E-state index < -0.39 is 17.7 Å². The van der Waals surface area contributed by atoms with E-state index in [-0.39, 0.29) is 29.6 Å². The Morgan fingerprint density at radius 2 is 1.56 bits per heavy atom. The van der Waals surface area contributed by atoms with Gasteiger partial charge in [0.05, 0.1) is 43.7 Å². The molecule has 3 aromatic heterocycles. The van der Waals surface area contributed by atoms with Crippen LogP contribution < -0.4 is 32.0 Å². The van der Waals surface area contributed by atoms with Crippen molar-refractivity contribution in [1.29, 1.82) is 0 Å². The number of aromatic nitrogens is 6. The maximum Gasteiger partial charge on any atom is 0.276 e. The van der Waals surface area contributed by atoms with Crippen LogP contribution in [0.25, 0.3) is 22.1 Å². The molecule has 0 aliphatic carbocycles. The zero-order valence-electron chi connectivity index (χ0n) is 29.4. The van der Waals surface area contributed by atoms with Crippen LogP contribution in [0.1, 0.15) is 50.2 Å². The summed E-state index contributed by atoms with van der Waals surface area (Å²) in [5.74, 6) is -0.381. The molecular formula is C35H43N11O6. The summed E-state index contributed by atoms with van der Waals surface area (Å²) in [6.07, 6.45) is 4.51. The maximum absolute atomic E-state index is 13.6. The summed E-state index contributed by atoms with van der Waals surface area (Å²) in [6.45, 7) is 9.10. The number of methoxy groups -OCH3 is 1. The number of morpholine rings is 1. The molecule has 4 heterocycles. The van der Waals surface area contributed by atoms with Crippen LogP contribution in [0, 0.1) is 6.92 Å². The first-order chi connectivity index (χ1) is 25.1. The number of aryl methyl sites for hydroxylation is 2. The number of benzene rings is 2. The molecule has 0 radical (unpaired) electrons. The minimum atomic E-state index is -0.633. The van der Waals surface area contributed by atoms with Gasteiger partial charge in [-0.15, -0.1) is 0 Å². The van der Waals surface area contributed by atoms with Gasteiger partial charge in [-0.2, -0.15) is 5.10 Å². The number of hydrogen-bond acceptors (Lipinski definition) is 11. The minimum Gasteiger partial charge on any atom is -0.494 e. The molecule has 0 spiro atoms. The molecule has 1 fully saturated rings. The lowest BCUT2D eigenvalue weighted by molar-refractivity contribution is 0.0358. The highest BCUT2D eigenvalue weighted by atomic mass is 16.5. The Morgan fingerprint density at radius 1 is 0.923 bits per heavy atom. The molecule has 1 aliphatic heterocycles. The number of carbonyl (C=O) groups is 3. The number of nitrogens with zero attached hydrogens (tertiary/aromatic N) is 7. The third kappa shape index (κ3) is 7.54. The number of anilines is 2. The lowest BCUT2D eigenvalue weighted by atomic mass is 10.1. The van der Waals surface area contributed by atoms with Crippen molar-refractivity contribution in [2.24, 2.45) is 11.5 Å². The molecule has 0 unspecified atom stereocenters. The molecular weight excluding hydrogens is 670 g/mol. The number of allylic oxidation sites excluding steroid dienone is 2. The van der Waals surface area contributed by atoms with Crippen molar-refractivity contribution in [3.05, 3.63) is 65.0 Å². The van der Waals surface area contributed by atoms with Gasteiger partial charge in [-0.05, 0) is 50.6 Å². The van der Waals surface area contributed by atoms with Gasteiger partial charge in [0.25, 0.3) is 5.91 Å². The average Bonchev–Trinajstić information content (AvgIpc) is 3.79. The Hall–Kier alpha value is -5.94. The Kier molecular flexibility index (Phi) is 10.7. The van der Waals surface area contributed by atoms with E-state index in [4.69, 9.17) is 36.4 Å². The van der Waals surface area contributed by atoms with Gasteiger partial charge in [0.2, 0.25) is 23.7 Å². The Bertz CT molecular complexity index is 2160. The molecule has 3 amide bonds. The molecule has 274 valence electrons. The largest absolute Gasteiger partial charge is 0.494 e. The maximum atomic E-state index is 13.6. The Morgan fingerprint density at radius 3 is 2.21 bits per heavy atom. The second-order valence-corrected chi connectivity index (χ2v) is 12.3. The smallest absolute Gasteiger partial charge is 0.276 e. The summed E-state index contributed by atoms with van der Waals surface area (Å²) in [5, 5.41) is 7.35. The van der Waals surface area contributed by atoms with Crippen LogP contribution in [-0.4, -0.2) is 98.1 Å². The summed E-state index contributed by atoms with van der Waals surface area (Å²) in [7, 11) is 1.49. The number of nitrogen functional groups attached to an aromatic ring is 1. The summed E-state index contributed by atoms with van der Waals surface area (Å²) >= 11 is 0. The molecule has 0 atom stereocenters. The van der Waals surface area contributed by atoms with Crippen molar-refractivity contribution in [3.8, 4) is 11.5 Å². The number of primary amides is 2. The van der Waals surface area contributed by atoms with Gasteiger partial charge in [0, 0.05) is 50.4 Å². The average molecular weight is 714 g/mol. The second kappa shape index (κ2) is 15.5. The number of hydrogen-bond donors (Lipinski definition) is 4. The van der Waals surface area contributed by atoms with Gasteiger partial charge in [-0.25, -0.2) is 9.97 Å². The van der Waals surface area contributed by atoms with Crippen LogP contribution in [0.4, 0.5) is 11.9 Å². The van der Waals surface area contributed by atoms with Crippen LogP contribution in [0.3, 0.4) is 0 Å². The first kappa shape index (κ1) is 35.9. The van der Waals surface area contributed by atoms with Crippen LogP contribution >= 0.6 is 0 Å². The number of imidazole rings is 2. The van der Waals surface area contributed by atoms with E-state index >= 15 is 0 Å². The van der Waals surface area contributed by atoms with Crippen LogP contribution in [0.15, 0.2) is 42.5 Å². The molecule has 17 heteroatoms. The van der Waals surface area contributed by atoms with Crippen molar-refractivity contribution in [1.82, 2.24) is 33.8 Å². The number of nitrogens with one attached hydrogen (secondary N) is 1. The van der Waals surface area contributed by atoms with Crippen LogP contribution in [0.5, 0.6) is 11.5 Å². The topological polar surface area (TPSA) is 226 Å². The van der Waals surface area contributed by atoms with Crippen molar-refractivity contribution in [3.63, 3.8) is 0 Å². The molecule has 1 saturated heterocycles. The molecule has 0 bridgehead atoms. The van der Waals surface area contributed by atoms with Gasteiger partial charge >= 0.3 is 0 Å². The number of carbonyl (C=O) groups excluding carboxylic acids is 3. The standard InChI is InChI=1S/C35H43N11O6/c1-4-46-26(16-21(2)42-46)33(49)41-35-40-25-18-23(32(37)48)20-28(52-13-7-8-43-11-14-51-15-12-43)30(25)45(35)10-6-5-9-44-29-24(39-34(44)38)17-22(31(36)47)19-27(29)50-3/h5-6,16-20H,4,7-15H2,1-3H3,(H2,36,47)(H2,37,48)(H2,38,39)(H,40,41,49)/b6-5+. The predicted octanol–water partition coefficient (Wildman–Crippen LogP) is 2.31. The number of amides is 3. The van der Waals surface area contributed by atoms with Crippen LogP contribution in [-0.2, 0) is 24.4 Å². The molecule has 2 aromatic carbocycles. The third-order valence-corrected chi connectivity index (χ3v) is 8.81. The zero-order valence-corrected chi connectivity index (χ0v) is 29.4. The monoisotopic (exact) mass is 713 g/mol. The van der Waals surface area contributed by atoms with E-state index in [0.717, 1.165) is 26.1 Å². The Balaban J connectivity index is 1.33. The summed E-state index contributed by atoms with van der Waals surface area (Å²) in [4.78, 5) is 49.3. The van der Waals surface area contributed by atoms with E-state index in [1.54, 1.807) is 44.1 Å². The van der Waals surface area contributed by atoms with Gasteiger partial charge in [0.1, 0.15) is 28.2 Å². The summed E-state index contributed by atoms with van der Waals surface area (Å²) in [6, 6.07) is 8.01. The minimum absolute atomic E-state index is 0.218. The van der Waals surface area contributed by atoms with Crippen molar-refractivity contribution in [2.75, 3.05) is 57.6 Å². The fourth-order valence-corrected chi connectivity index (χ4v) is 6.28. The molecule has 1 aliphatic rings. The van der Waals surface area contributed by atoms with Gasteiger partial charge in [-0.3, -0.25) is 29.3 Å². The normalized spacial score (nSPS) is 13.7. The number of nitrogens with two attached hydrogens (primary N) is 3. The molecule has 0 saturated carbocycles. The first-order valence-corrected chi connectivity index (χ1v) is 17.0. The highest BCUT2D eigenvalue weighted by Gasteiger charge is 2.22.